The molecule has 0 aliphatic heterocycles. The molecule has 0 spiro atoms. The van der Waals surface area contributed by atoms with Crippen molar-refractivity contribution in [2.45, 2.75) is 24.8 Å². The van der Waals surface area contributed by atoms with Crippen LogP contribution in [0, 0.1) is 0 Å². The van der Waals surface area contributed by atoms with Crippen LogP contribution in [0.3, 0.4) is 0 Å². The normalized spacial score (nSPS) is 11.9. The van der Waals surface area contributed by atoms with E-state index >= 15 is 0 Å². The summed E-state index contributed by atoms with van der Waals surface area (Å²) in [5.74, 6) is 0. The van der Waals surface area contributed by atoms with Gasteiger partial charge in [-0.1, -0.05) is 13.0 Å². The first kappa shape index (κ1) is 15.4. The van der Waals surface area contributed by atoms with Crippen LogP contribution in [0.25, 0.3) is 0 Å². The standard InChI is InChI=1S/C12H20N2O2S2/c1-4-7-14(8-5-2)18(15,16)12-6-9-17-11(12)10-13-3/h4,6,9,13H,1,5,7-8,10H2,2-3H3. The molecular formula is C12H20N2O2S2. The van der Waals surface area contributed by atoms with Crippen LogP contribution >= 0.6 is 11.3 Å². The quantitative estimate of drug-likeness (QED) is 0.745. The molecule has 0 bridgehead atoms. The van der Waals surface area contributed by atoms with Crippen molar-refractivity contribution in [1.29, 1.82) is 0 Å². The Morgan fingerprint density at radius 3 is 2.83 bits per heavy atom. The minimum absolute atomic E-state index is 0.352. The lowest BCUT2D eigenvalue weighted by atomic mass is 10.4. The Morgan fingerprint density at radius 1 is 1.56 bits per heavy atom. The van der Waals surface area contributed by atoms with Gasteiger partial charge in [0.15, 0.2) is 0 Å². The summed E-state index contributed by atoms with van der Waals surface area (Å²) in [7, 11) is -1.59. The molecule has 18 heavy (non-hydrogen) atoms. The van der Waals surface area contributed by atoms with Crippen LogP contribution in [-0.4, -0.2) is 32.9 Å². The lowest BCUT2D eigenvalue weighted by Crippen LogP contribution is -2.32. The lowest BCUT2D eigenvalue weighted by molar-refractivity contribution is 0.441. The van der Waals surface area contributed by atoms with E-state index in [0.29, 0.717) is 24.5 Å². The highest BCUT2D eigenvalue weighted by atomic mass is 32.2. The molecule has 0 aliphatic carbocycles. The first-order valence-electron chi connectivity index (χ1n) is 5.90. The molecule has 0 radical (unpaired) electrons. The van der Waals surface area contributed by atoms with Gasteiger partial charge in [0.25, 0.3) is 0 Å². The largest absolute Gasteiger partial charge is 0.315 e. The third-order valence-electron chi connectivity index (χ3n) is 2.47. The Labute approximate surface area is 113 Å². The van der Waals surface area contributed by atoms with Crippen molar-refractivity contribution in [3.63, 3.8) is 0 Å². The van der Waals surface area contributed by atoms with Crippen molar-refractivity contribution in [2.24, 2.45) is 0 Å². The van der Waals surface area contributed by atoms with E-state index in [1.165, 1.54) is 15.6 Å². The predicted molar refractivity (Wildman–Crippen MR) is 76.3 cm³/mol. The number of nitrogens with one attached hydrogen (secondary N) is 1. The van der Waals surface area contributed by atoms with Gasteiger partial charge in [-0.2, -0.15) is 4.31 Å². The van der Waals surface area contributed by atoms with Crippen LogP contribution in [0.2, 0.25) is 0 Å². The van der Waals surface area contributed by atoms with Crippen molar-refractivity contribution in [1.82, 2.24) is 9.62 Å². The molecule has 0 aromatic carbocycles. The van der Waals surface area contributed by atoms with E-state index < -0.39 is 10.0 Å². The van der Waals surface area contributed by atoms with Crippen molar-refractivity contribution in [3.8, 4) is 0 Å². The van der Waals surface area contributed by atoms with E-state index in [1.54, 1.807) is 12.1 Å². The van der Waals surface area contributed by atoms with Crippen molar-refractivity contribution in [2.75, 3.05) is 20.1 Å². The Hall–Kier alpha value is -0.690. The summed E-state index contributed by atoms with van der Waals surface area (Å²) in [5.41, 5.74) is 0. The molecule has 0 atom stereocenters. The second-order valence-electron chi connectivity index (χ2n) is 3.89. The highest BCUT2D eigenvalue weighted by molar-refractivity contribution is 7.89. The molecule has 0 amide bonds. The molecule has 0 saturated heterocycles. The first-order chi connectivity index (χ1) is 8.57. The van der Waals surface area contributed by atoms with E-state index in [0.717, 1.165) is 11.3 Å². The fourth-order valence-electron chi connectivity index (χ4n) is 1.69. The van der Waals surface area contributed by atoms with E-state index in [9.17, 15) is 8.42 Å². The molecule has 1 heterocycles. The van der Waals surface area contributed by atoms with Gasteiger partial charge in [-0.25, -0.2) is 8.42 Å². The average molecular weight is 288 g/mol. The molecule has 4 nitrogen and oxygen atoms in total. The van der Waals surface area contributed by atoms with Gasteiger partial charge in [0.05, 0.1) is 4.90 Å². The monoisotopic (exact) mass is 288 g/mol. The fourth-order valence-corrected chi connectivity index (χ4v) is 4.62. The van der Waals surface area contributed by atoms with Crippen LogP contribution in [0.5, 0.6) is 0 Å². The second kappa shape index (κ2) is 7.04. The number of thiophene rings is 1. The fraction of sp³-hybridized carbons (Fsp3) is 0.500. The second-order valence-corrected chi connectivity index (χ2v) is 6.80. The number of hydrogen-bond acceptors (Lipinski definition) is 4. The maximum Gasteiger partial charge on any atom is 0.244 e. The maximum atomic E-state index is 12.5. The summed E-state index contributed by atoms with van der Waals surface area (Å²) in [6.45, 7) is 7.03. The van der Waals surface area contributed by atoms with E-state index in [4.69, 9.17) is 0 Å². The predicted octanol–water partition coefficient (Wildman–Crippen LogP) is 2.05. The molecule has 102 valence electrons. The zero-order valence-corrected chi connectivity index (χ0v) is 12.5. The van der Waals surface area contributed by atoms with E-state index in [2.05, 4.69) is 11.9 Å². The van der Waals surface area contributed by atoms with Gasteiger partial charge in [0, 0.05) is 24.5 Å². The molecule has 1 N–H and O–H groups in total. The number of nitrogens with zero attached hydrogens (tertiary/aromatic N) is 1. The smallest absolute Gasteiger partial charge is 0.244 e. The molecule has 0 aliphatic rings. The third kappa shape index (κ3) is 3.41. The van der Waals surface area contributed by atoms with E-state index in [1.807, 2.05) is 19.4 Å². The summed E-state index contributed by atoms with van der Waals surface area (Å²) in [6, 6.07) is 1.68. The third-order valence-corrected chi connectivity index (χ3v) is 5.47. The van der Waals surface area contributed by atoms with Crippen molar-refractivity contribution in [3.05, 3.63) is 29.0 Å². The zero-order valence-electron chi connectivity index (χ0n) is 10.8. The minimum Gasteiger partial charge on any atom is -0.315 e. The summed E-state index contributed by atoms with van der Waals surface area (Å²) in [5, 5.41) is 4.81. The Bertz CT molecular complexity index is 480. The molecule has 6 heteroatoms. The molecule has 0 saturated carbocycles. The van der Waals surface area contributed by atoms with Crippen molar-refractivity contribution >= 4 is 21.4 Å². The number of rotatable bonds is 8. The molecule has 1 aromatic rings. The average Bonchev–Trinajstić information content (AvgIpc) is 2.78. The summed E-state index contributed by atoms with van der Waals surface area (Å²) < 4.78 is 26.5. The Morgan fingerprint density at radius 2 is 2.28 bits per heavy atom. The molecule has 1 rings (SSSR count). The first-order valence-corrected chi connectivity index (χ1v) is 8.21. The Balaban J connectivity index is 3.09. The topological polar surface area (TPSA) is 49.4 Å². The van der Waals surface area contributed by atoms with Gasteiger partial charge in [-0.15, -0.1) is 17.9 Å². The van der Waals surface area contributed by atoms with Crippen LogP contribution in [-0.2, 0) is 16.6 Å². The van der Waals surface area contributed by atoms with Gasteiger partial charge in [0.2, 0.25) is 10.0 Å². The molecular weight excluding hydrogens is 268 g/mol. The summed E-state index contributed by atoms with van der Waals surface area (Å²) >= 11 is 1.46. The van der Waals surface area contributed by atoms with Gasteiger partial charge < -0.3 is 5.32 Å². The Kier molecular flexibility index (Phi) is 6.01. The molecule has 0 fully saturated rings. The van der Waals surface area contributed by atoms with Crippen LogP contribution in [0.4, 0.5) is 0 Å². The lowest BCUT2D eigenvalue weighted by Gasteiger charge is -2.20. The van der Waals surface area contributed by atoms with E-state index in [-0.39, 0.29) is 0 Å². The molecule has 1 aromatic heterocycles. The van der Waals surface area contributed by atoms with Gasteiger partial charge >= 0.3 is 0 Å². The summed E-state index contributed by atoms with van der Waals surface area (Å²) in [4.78, 5) is 1.26. The maximum absolute atomic E-state index is 12.5. The van der Waals surface area contributed by atoms with Crippen molar-refractivity contribution < 1.29 is 8.42 Å². The SMILES string of the molecule is C=CCN(CCC)S(=O)(=O)c1ccsc1CNC. The van der Waals surface area contributed by atoms with Crippen LogP contribution < -0.4 is 5.32 Å². The van der Waals surface area contributed by atoms with Crippen LogP contribution in [0.15, 0.2) is 29.0 Å². The minimum atomic E-state index is -3.40. The zero-order chi connectivity index (χ0) is 13.6. The van der Waals surface area contributed by atoms with Gasteiger partial charge in [-0.05, 0) is 24.9 Å². The van der Waals surface area contributed by atoms with Gasteiger partial charge in [0.1, 0.15) is 0 Å². The molecule has 0 unspecified atom stereocenters. The number of sulfonamides is 1. The summed E-state index contributed by atoms with van der Waals surface area (Å²) in [6.07, 6.45) is 2.41. The highest BCUT2D eigenvalue weighted by Gasteiger charge is 2.26. The number of hydrogen-bond donors (Lipinski definition) is 1. The highest BCUT2D eigenvalue weighted by Crippen LogP contribution is 2.25. The van der Waals surface area contributed by atoms with Gasteiger partial charge in [-0.3, -0.25) is 0 Å². The van der Waals surface area contributed by atoms with Crippen LogP contribution in [0.1, 0.15) is 18.2 Å².